The Morgan fingerprint density at radius 3 is 1.77 bits per heavy atom. The Labute approximate surface area is 377 Å². The molecule has 13 rings (SSSR count). The molecule has 1 aliphatic rings. The highest BCUT2D eigenvalue weighted by atomic mass is 15.1. The predicted molar refractivity (Wildman–Crippen MR) is 265 cm³/mol. The predicted octanol–water partition coefficient (Wildman–Crippen LogP) is 14.1. The van der Waals surface area contributed by atoms with Gasteiger partial charge in [0.25, 0.3) is 6.33 Å². The summed E-state index contributed by atoms with van der Waals surface area (Å²) >= 11 is 0. The van der Waals surface area contributed by atoms with Crippen LogP contribution in [0.4, 0.5) is 0 Å². The second-order valence-corrected chi connectivity index (χ2v) is 17.0. The fourth-order valence-corrected chi connectivity index (χ4v) is 10.8. The molecule has 3 aromatic heterocycles. The first-order chi connectivity index (χ1) is 32.3. The summed E-state index contributed by atoms with van der Waals surface area (Å²) in [5.74, 6) is 0.878. The fraction of sp³-hybridized carbons (Fsp3) is 0.0164. The first kappa shape index (κ1) is 37.0. The first-order valence-electron chi connectivity index (χ1n) is 22.3. The van der Waals surface area contributed by atoms with Crippen LogP contribution in [0.15, 0.2) is 249 Å². The fourth-order valence-electron chi connectivity index (χ4n) is 10.8. The molecule has 304 valence electrons. The molecule has 3 heterocycles. The highest BCUT2D eigenvalue weighted by Gasteiger charge is 2.46. The smallest absolute Gasteiger partial charge is 0.255 e. The van der Waals surface area contributed by atoms with Crippen molar-refractivity contribution in [1.82, 2.24) is 14.1 Å². The average Bonchev–Trinajstić information content (AvgIpc) is 4.04. The van der Waals surface area contributed by atoms with Gasteiger partial charge in [0.2, 0.25) is 0 Å². The van der Waals surface area contributed by atoms with E-state index in [2.05, 4.69) is 257 Å². The SMILES string of the molecule is c1ccc(-c2ccccc2-c2ccnc(-n3c4ccccc4c4ccc(C5(c6cccc(-n7c[n+](-c8ccccc8)c8ccccc87)c6)c6ccccc6-c6ccccc65)cc43)c2)cc1. The van der Waals surface area contributed by atoms with E-state index in [4.69, 9.17) is 4.98 Å². The number of para-hydroxylation sites is 4. The highest BCUT2D eigenvalue weighted by Crippen LogP contribution is 2.56. The van der Waals surface area contributed by atoms with E-state index in [1.54, 1.807) is 0 Å². The molecule has 0 radical (unpaired) electrons. The number of aromatic nitrogens is 4. The van der Waals surface area contributed by atoms with Crippen LogP contribution in [0.5, 0.6) is 0 Å². The van der Waals surface area contributed by atoms with Crippen molar-refractivity contribution in [2.24, 2.45) is 0 Å². The van der Waals surface area contributed by atoms with Gasteiger partial charge in [0.05, 0.1) is 16.4 Å². The molecule has 0 spiro atoms. The number of benzene rings is 9. The molecule has 12 aromatic rings. The molecule has 0 unspecified atom stereocenters. The van der Waals surface area contributed by atoms with Crippen molar-refractivity contribution in [2.75, 3.05) is 0 Å². The van der Waals surface area contributed by atoms with Gasteiger partial charge in [-0.15, -0.1) is 0 Å². The molecule has 0 saturated heterocycles. The largest absolute Gasteiger partial charge is 0.294 e. The minimum Gasteiger partial charge on any atom is -0.294 e. The van der Waals surface area contributed by atoms with Gasteiger partial charge >= 0.3 is 0 Å². The van der Waals surface area contributed by atoms with Crippen LogP contribution in [-0.2, 0) is 5.41 Å². The van der Waals surface area contributed by atoms with Gasteiger partial charge < -0.3 is 0 Å². The minimum absolute atomic E-state index is 0.638. The lowest BCUT2D eigenvalue weighted by Gasteiger charge is -2.34. The van der Waals surface area contributed by atoms with Crippen molar-refractivity contribution in [3.8, 4) is 50.6 Å². The van der Waals surface area contributed by atoms with Crippen molar-refractivity contribution >= 4 is 32.8 Å². The molecule has 4 nitrogen and oxygen atoms in total. The van der Waals surface area contributed by atoms with Gasteiger partial charge in [-0.3, -0.25) is 4.57 Å². The van der Waals surface area contributed by atoms with Gasteiger partial charge in [-0.1, -0.05) is 176 Å². The topological polar surface area (TPSA) is 26.6 Å². The van der Waals surface area contributed by atoms with Gasteiger partial charge in [0, 0.05) is 17.0 Å². The van der Waals surface area contributed by atoms with Gasteiger partial charge in [0.1, 0.15) is 17.2 Å². The van der Waals surface area contributed by atoms with Crippen LogP contribution in [0.25, 0.3) is 83.4 Å². The molecule has 4 heteroatoms. The standard InChI is InChI=1S/C61H41N4/c1-3-18-42(19-4-1)48-24-7-8-25-49(48)43-36-37-62-60(38-43)65-56-31-14-11-28-52(56)53-35-34-45(40-59(53)65)61(54-29-12-9-26-50(54)51-27-10-13-30-55(51)61)44-20-17-23-47(39-44)64-41-63(46-21-5-2-6-22-46)57-32-15-16-33-58(57)64/h1-41H/q+1. The molecular weight excluding hydrogens is 789 g/mol. The minimum atomic E-state index is -0.638. The van der Waals surface area contributed by atoms with Gasteiger partial charge in [0.15, 0.2) is 11.0 Å². The quantitative estimate of drug-likeness (QED) is 0.147. The van der Waals surface area contributed by atoms with Crippen molar-refractivity contribution < 1.29 is 4.57 Å². The molecule has 0 N–H and O–H groups in total. The maximum Gasteiger partial charge on any atom is 0.255 e. The number of rotatable bonds is 7. The average molecular weight is 830 g/mol. The molecule has 65 heavy (non-hydrogen) atoms. The van der Waals surface area contributed by atoms with E-state index >= 15 is 0 Å². The lowest BCUT2D eigenvalue weighted by Crippen LogP contribution is -2.29. The van der Waals surface area contributed by atoms with E-state index in [1.165, 1.54) is 60.8 Å². The van der Waals surface area contributed by atoms with Crippen molar-refractivity contribution in [3.05, 3.63) is 271 Å². The van der Waals surface area contributed by atoms with Crippen LogP contribution in [0, 0.1) is 0 Å². The van der Waals surface area contributed by atoms with Crippen molar-refractivity contribution in [1.29, 1.82) is 0 Å². The van der Waals surface area contributed by atoms with Crippen LogP contribution in [-0.4, -0.2) is 14.1 Å². The summed E-state index contributed by atoms with van der Waals surface area (Å²) in [6, 6.07) is 86.1. The number of fused-ring (bicyclic) bond motifs is 7. The summed E-state index contributed by atoms with van der Waals surface area (Å²) in [5.41, 5.74) is 18.3. The summed E-state index contributed by atoms with van der Waals surface area (Å²) in [5, 5.41) is 2.38. The van der Waals surface area contributed by atoms with E-state index in [0.29, 0.717) is 0 Å². The van der Waals surface area contributed by atoms with Crippen LogP contribution < -0.4 is 4.57 Å². The molecule has 0 atom stereocenters. The molecule has 0 saturated carbocycles. The van der Waals surface area contributed by atoms with E-state index in [1.807, 2.05) is 6.20 Å². The first-order valence-corrected chi connectivity index (χ1v) is 22.3. The van der Waals surface area contributed by atoms with Crippen LogP contribution in [0.1, 0.15) is 22.3 Å². The van der Waals surface area contributed by atoms with Crippen LogP contribution >= 0.6 is 0 Å². The van der Waals surface area contributed by atoms with Gasteiger partial charge in [-0.2, -0.15) is 9.13 Å². The number of imidazole rings is 1. The molecule has 0 bridgehead atoms. The second-order valence-electron chi connectivity index (χ2n) is 17.0. The van der Waals surface area contributed by atoms with Crippen LogP contribution in [0.3, 0.4) is 0 Å². The normalized spacial score (nSPS) is 12.7. The van der Waals surface area contributed by atoms with E-state index in [-0.39, 0.29) is 0 Å². The van der Waals surface area contributed by atoms with Gasteiger partial charge in [-0.05, 0) is 116 Å². The number of nitrogens with zero attached hydrogens (tertiary/aromatic N) is 4. The van der Waals surface area contributed by atoms with Crippen LogP contribution in [0.2, 0.25) is 0 Å². The molecule has 1 aliphatic carbocycles. The Kier molecular flexibility index (Phi) is 8.40. The monoisotopic (exact) mass is 829 g/mol. The molecule has 0 amide bonds. The molecule has 0 aliphatic heterocycles. The molecule has 9 aromatic carbocycles. The van der Waals surface area contributed by atoms with Gasteiger partial charge in [-0.25, -0.2) is 4.98 Å². The van der Waals surface area contributed by atoms with Crippen molar-refractivity contribution in [2.45, 2.75) is 5.41 Å². The summed E-state index contributed by atoms with van der Waals surface area (Å²) in [4.78, 5) is 5.14. The Morgan fingerprint density at radius 2 is 1.00 bits per heavy atom. The van der Waals surface area contributed by atoms with E-state index < -0.39 is 5.41 Å². The third-order valence-electron chi connectivity index (χ3n) is 13.6. The Hall–Kier alpha value is -8.60. The lowest BCUT2D eigenvalue weighted by molar-refractivity contribution is -0.567. The summed E-state index contributed by atoms with van der Waals surface area (Å²) < 4.78 is 6.99. The third kappa shape index (κ3) is 5.64. The summed E-state index contributed by atoms with van der Waals surface area (Å²) in [6.07, 6.45) is 4.19. The summed E-state index contributed by atoms with van der Waals surface area (Å²) in [6.45, 7) is 0. The zero-order valence-electron chi connectivity index (χ0n) is 35.5. The maximum atomic E-state index is 5.14. The number of hydrogen-bond donors (Lipinski definition) is 0. The Bertz CT molecular complexity index is 3740. The third-order valence-corrected chi connectivity index (χ3v) is 13.6. The Balaban J connectivity index is 1.06. The number of hydrogen-bond acceptors (Lipinski definition) is 1. The number of pyridine rings is 1. The van der Waals surface area contributed by atoms with Crippen molar-refractivity contribution in [3.63, 3.8) is 0 Å². The summed E-state index contributed by atoms with van der Waals surface area (Å²) in [7, 11) is 0. The van der Waals surface area contributed by atoms with E-state index in [0.717, 1.165) is 44.8 Å². The lowest BCUT2D eigenvalue weighted by atomic mass is 9.67. The molecule has 0 fully saturated rings. The maximum absolute atomic E-state index is 5.14. The zero-order chi connectivity index (χ0) is 42.9. The zero-order valence-corrected chi connectivity index (χ0v) is 35.5. The Morgan fingerprint density at radius 1 is 0.400 bits per heavy atom. The molecular formula is C61H41N4+. The second kappa shape index (κ2) is 14.8. The van der Waals surface area contributed by atoms with E-state index in [9.17, 15) is 0 Å². The highest BCUT2D eigenvalue weighted by molar-refractivity contribution is 6.09.